The van der Waals surface area contributed by atoms with Crippen molar-refractivity contribution in [2.24, 2.45) is 0 Å². The van der Waals surface area contributed by atoms with E-state index in [1.54, 1.807) is 12.1 Å². The molecule has 1 aromatic carbocycles. The van der Waals surface area contributed by atoms with Crippen molar-refractivity contribution in [1.29, 1.82) is 0 Å². The minimum atomic E-state index is -1.29. The molecule has 0 unspecified atom stereocenters. The van der Waals surface area contributed by atoms with Crippen LogP contribution >= 0.6 is 11.5 Å². The molecule has 22 heavy (non-hydrogen) atoms. The summed E-state index contributed by atoms with van der Waals surface area (Å²) in [5.74, 6) is -1.70. The van der Waals surface area contributed by atoms with E-state index in [0.717, 1.165) is 22.7 Å². The topological polar surface area (TPSA) is 118 Å². The lowest BCUT2D eigenvalue weighted by Crippen LogP contribution is -2.21. The van der Waals surface area contributed by atoms with Crippen molar-refractivity contribution in [3.8, 4) is 10.7 Å². The van der Waals surface area contributed by atoms with Gasteiger partial charge < -0.3 is 10.3 Å². The third-order valence-corrected chi connectivity index (χ3v) is 3.99. The van der Waals surface area contributed by atoms with Gasteiger partial charge in [0, 0.05) is 0 Å². The van der Waals surface area contributed by atoms with Crippen LogP contribution in [0.5, 0.6) is 0 Å². The first-order valence-electron chi connectivity index (χ1n) is 6.19. The van der Waals surface area contributed by atoms with Crippen LogP contribution in [0.15, 0.2) is 16.9 Å². The zero-order valence-electron chi connectivity index (χ0n) is 11.6. The van der Waals surface area contributed by atoms with Gasteiger partial charge in [0.25, 0.3) is 5.82 Å². The Labute approximate surface area is 127 Å². The Morgan fingerprint density at radius 3 is 2.55 bits per heavy atom. The number of aryl methyl sites for hydroxylation is 2. The molecule has 3 rings (SSSR count). The lowest BCUT2D eigenvalue weighted by molar-refractivity contribution is 0.0685. The van der Waals surface area contributed by atoms with Crippen molar-refractivity contribution in [2.45, 2.75) is 13.8 Å². The average Bonchev–Trinajstić information content (AvgIpc) is 2.95. The summed E-state index contributed by atoms with van der Waals surface area (Å²) in [6.07, 6.45) is 0. The number of hydrogen-bond donors (Lipinski definition) is 2. The first-order chi connectivity index (χ1) is 10.4. The summed E-state index contributed by atoms with van der Waals surface area (Å²) in [6, 6.07) is 3.39. The molecular weight excluding hydrogens is 308 g/mol. The van der Waals surface area contributed by atoms with E-state index in [1.807, 2.05) is 13.8 Å². The van der Waals surface area contributed by atoms with Crippen molar-refractivity contribution in [3.05, 3.63) is 39.4 Å². The normalized spacial score (nSPS) is 11.0. The Morgan fingerprint density at radius 2 is 1.91 bits per heavy atom. The molecule has 2 heterocycles. The number of nitrogens with zero attached hydrogens (tertiary/aromatic N) is 4. The smallest absolute Gasteiger partial charge is 0.375 e. The van der Waals surface area contributed by atoms with Crippen LogP contribution in [0.2, 0.25) is 0 Å². The van der Waals surface area contributed by atoms with Crippen molar-refractivity contribution in [3.63, 3.8) is 0 Å². The summed E-state index contributed by atoms with van der Waals surface area (Å²) in [5.41, 5.74) is 1.64. The van der Waals surface area contributed by atoms with E-state index in [-0.39, 0.29) is 16.2 Å². The van der Waals surface area contributed by atoms with Gasteiger partial charge in [-0.05, 0) is 48.6 Å². The van der Waals surface area contributed by atoms with Crippen LogP contribution in [0, 0.1) is 13.8 Å². The van der Waals surface area contributed by atoms with Crippen molar-refractivity contribution in [1.82, 2.24) is 19.1 Å². The highest BCUT2D eigenvalue weighted by atomic mass is 32.1. The van der Waals surface area contributed by atoms with E-state index in [0.29, 0.717) is 10.2 Å². The van der Waals surface area contributed by atoms with Crippen LogP contribution in [-0.4, -0.2) is 35.4 Å². The number of carbonyl (C=O) groups is 1. The minimum absolute atomic E-state index is 0.0466. The molecule has 2 N–H and O–H groups in total. The van der Waals surface area contributed by atoms with E-state index in [4.69, 9.17) is 5.11 Å². The Bertz CT molecular complexity index is 976. The molecule has 3 aromatic rings. The molecule has 8 nitrogen and oxygen atoms in total. The summed E-state index contributed by atoms with van der Waals surface area (Å²) in [6.45, 7) is 3.74. The molecule has 0 spiro atoms. The largest absolute Gasteiger partial charge is 0.475 e. The molecule has 0 saturated carbocycles. The molecule has 0 saturated heterocycles. The fourth-order valence-corrected chi connectivity index (χ4v) is 2.61. The van der Waals surface area contributed by atoms with E-state index >= 15 is 0 Å². The van der Waals surface area contributed by atoms with Crippen LogP contribution in [-0.2, 0) is 0 Å². The highest BCUT2D eigenvalue weighted by Crippen LogP contribution is 2.21. The van der Waals surface area contributed by atoms with Gasteiger partial charge in [-0.25, -0.2) is 14.8 Å². The molecule has 0 amide bonds. The number of carboxylic acid groups (broad SMARTS) is 1. The summed E-state index contributed by atoms with van der Waals surface area (Å²) in [4.78, 5) is 31.0. The first-order valence-corrected chi connectivity index (χ1v) is 6.96. The molecular formula is C13H10N4O4S. The van der Waals surface area contributed by atoms with Gasteiger partial charge in [-0.3, -0.25) is 4.79 Å². The average molecular weight is 318 g/mol. The van der Waals surface area contributed by atoms with Crippen LogP contribution < -0.4 is 5.56 Å². The maximum atomic E-state index is 12.2. The molecule has 0 fully saturated rings. The fourth-order valence-electron chi connectivity index (χ4n) is 1.97. The second-order valence-electron chi connectivity index (χ2n) is 4.73. The van der Waals surface area contributed by atoms with Crippen molar-refractivity contribution >= 4 is 28.5 Å². The SMILES string of the molecule is Cc1cc2nc(-c3nc(C(=O)O)ns3)c(=O)n(O)c2cc1C. The molecule has 0 aliphatic heterocycles. The molecule has 0 aliphatic carbocycles. The number of hydrogen-bond acceptors (Lipinski definition) is 7. The Balaban J connectivity index is 2.30. The molecule has 0 radical (unpaired) electrons. The maximum Gasteiger partial charge on any atom is 0.375 e. The zero-order valence-corrected chi connectivity index (χ0v) is 12.4. The Hall–Kier alpha value is -2.81. The molecule has 2 aromatic heterocycles. The second kappa shape index (κ2) is 4.88. The summed E-state index contributed by atoms with van der Waals surface area (Å²) in [7, 11) is 0. The third-order valence-electron chi connectivity index (χ3n) is 3.27. The van der Waals surface area contributed by atoms with Crippen LogP contribution in [0.25, 0.3) is 21.7 Å². The number of fused-ring (bicyclic) bond motifs is 1. The van der Waals surface area contributed by atoms with Gasteiger partial charge in [0.2, 0.25) is 0 Å². The predicted molar refractivity (Wildman–Crippen MR) is 78.5 cm³/mol. The van der Waals surface area contributed by atoms with Gasteiger partial charge in [-0.2, -0.15) is 4.37 Å². The summed E-state index contributed by atoms with van der Waals surface area (Å²) >= 11 is 0.741. The minimum Gasteiger partial charge on any atom is -0.475 e. The Morgan fingerprint density at radius 1 is 1.23 bits per heavy atom. The summed E-state index contributed by atoms with van der Waals surface area (Å²) < 4.78 is 4.13. The van der Waals surface area contributed by atoms with Crippen LogP contribution in [0.3, 0.4) is 0 Å². The van der Waals surface area contributed by atoms with Gasteiger partial charge in [-0.1, -0.05) is 0 Å². The summed E-state index contributed by atoms with van der Waals surface area (Å²) in [5, 5.41) is 18.9. The fraction of sp³-hybridized carbons (Fsp3) is 0.154. The molecule has 9 heteroatoms. The maximum absolute atomic E-state index is 12.2. The van der Waals surface area contributed by atoms with Gasteiger partial charge >= 0.3 is 11.5 Å². The molecule has 0 aliphatic rings. The zero-order chi connectivity index (χ0) is 16.0. The van der Waals surface area contributed by atoms with E-state index < -0.39 is 17.4 Å². The highest BCUT2D eigenvalue weighted by molar-refractivity contribution is 7.09. The van der Waals surface area contributed by atoms with Crippen molar-refractivity contribution < 1.29 is 15.1 Å². The second-order valence-corrected chi connectivity index (χ2v) is 5.48. The van der Waals surface area contributed by atoms with E-state index in [9.17, 15) is 14.8 Å². The lowest BCUT2D eigenvalue weighted by Gasteiger charge is -2.07. The Kier molecular flexibility index (Phi) is 3.14. The molecule has 0 bridgehead atoms. The number of rotatable bonds is 2. The van der Waals surface area contributed by atoms with Crippen LogP contribution in [0.1, 0.15) is 21.7 Å². The molecule has 0 atom stereocenters. The standard InChI is InChI=1S/C13H10N4O4S/c1-5-3-7-8(4-6(5)2)17(21)12(18)9(14-7)11-15-10(13(19)20)16-22-11/h3-4,21H,1-2H3,(H,19,20). The monoisotopic (exact) mass is 318 g/mol. The van der Waals surface area contributed by atoms with Crippen LogP contribution in [0.4, 0.5) is 0 Å². The van der Waals surface area contributed by atoms with E-state index in [1.165, 1.54) is 0 Å². The number of aromatic nitrogens is 4. The number of carboxylic acids is 1. The number of aromatic carboxylic acids is 1. The van der Waals surface area contributed by atoms with Gasteiger partial charge in [-0.15, -0.1) is 4.73 Å². The highest BCUT2D eigenvalue weighted by Gasteiger charge is 2.19. The molecule has 112 valence electrons. The quantitative estimate of drug-likeness (QED) is 0.687. The first kappa shape index (κ1) is 14.1. The third kappa shape index (κ3) is 2.11. The van der Waals surface area contributed by atoms with Gasteiger partial charge in [0.1, 0.15) is 5.52 Å². The predicted octanol–water partition coefficient (Wildman–Crippen LogP) is 1.47. The lowest BCUT2D eigenvalue weighted by atomic mass is 10.1. The van der Waals surface area contributed by atoms with Crippen molar-refractivity contribution in [2.75, 3.05) is 0 Å². The van der Waals surface area contributed by atoms with E-state index in [2.05, 4.69) is 14.3 Å². The van der Waals surface area contributed by atoms with Gasteiger partial charge in [0.05, 0.1) is 5.52 Å². The van der Waals surface area contributed by atoms with Gasteiger partial charge in [0.15, 0.2) is 10.7 Å². The number of benzene rings is 1.